The smallest absolute Gasteiger partial charge is 0.218 e. The van der Waals surface area contributed by atoms with Crippen LogP contribution in [-0.2, 0) is 14.6 Å². The maximum Gasteiger partial charge on any atom is 0.341 e. The third-order valence-corrected chi connectivity index (χ3v) is 3.29. The minimum absolute atomic E-state index is 0.0109. The van der Waals surface area contributed by atoms with Crippen molar-refractivity contribution in [2.45, 2.75) is 17.6 Å². The van der Waals surface area contributed by atoms with Crippen LogP contribution in [0.2, 0.25) is 0 Å². The van der Waals surface area contributed by atoms with Crippen LogP contribution in [0.5, 0.6) is 0 Å². The summed E-state index contributed by atoms with van der Waals surface area (Å²) in [6.07, 6.45) is 1.23. The van der Waals surface area contributed by atoms with Crippen molar-refractivity contribution in [3.63, 3.8) is 0 Å². The second-order valence-corrected chi connectivity index (χ2v) is 4.87. The van der Waals surface area contributed by atoms with Crippen molar-refractivity contribution in [3.8, 4) is 0 Å². The number of rotatable bonds is 3. The van der Waals surface area contributed by atoms with E-state index >= 15 is 0 Å². The van der Waals surface area contributed by atoms with Gasteiger partial charge in [-0.1, -0.05) is 6.07 Å². The Hall–Kier alpha value is -1.59. The van der Waals surface area contributed by atoms with Crippen LogP contribution < -0.4 is 0 Å². The Kier molecular flexibility index (Phi) is 3.51. The zero-order chi connectivity index (χ0) is 12.3. The van der Waals surface area contributed by atoms with Crippen molar-refractivity contribution in [2.24, 2.45) is 4.99 Å². The van der Waals surface area contributed by atoms with Gasteiger partial charge in [-0.15, -0.1) is 0 Å². The number of isocyanates is 1. The summed E-state index contributed by atoms with van der Waals surface area (Å²) in [6, 6.07) is 3.26. The van der Waals surface area contributed by atoms with Crippen LogP contribution in [-0.4, -0.2) is 20.3 Å². The van der Waals surface area contributed by atoms with Crippen LogP contribution in [0.15, 0.2) is 28.1 Å². The molecule has 1 aromatic rings. The minimum Gasteiger partial charge on any atom is -0.218 e. The molecule has 0 aromatic heterocycles. The Labute approximate surface area is 90.5 Å². The summed E-state index contributed by atoms with van der Waals surface area (Å²) in [5.74, 6) is -3.50. The van der Waals surface area contributed by atoms with Gasteiger partial charge in [-0.05, 0) is 24.6 Å². The van der Waals surface area contributed by atoms with Crippen LogP contribution in [0, 0.1) is 6.92 Å². The highest BCUT2D eigenvalue weighted by Gasteiger charge is 2.26. The van der Waals surface area contributed by atoms with Gasteiger partial charge in [-0.25, -0.2) is 13.2 Å². The number of carbonyl (C=O) groups excluding carboxylic acids is 1. The van der Waals surface area contributed by atoms with Gasteiger partial charge in [-0.2, -0.15) is 13.8 Å². The van der Waals surface area contributed by atoms with E-state index in [1.165, 1.54) is 12.1 Å². The van der Waals surface area contributed by atoms with Crippen LogP contribution in [0.4, 0.5) is 14.5 Å². The fourth-order valence-corrected chi connectivity index (χ4v) is 1.78. The third kappa shape index (κ3) is 2.32. The van der Waals surface area contributed by atoms with Gasteiger partial charge in [-0.3, -0.25) is 0 Å². The summed E-state index contributed by atoms with van der Waals surface area (Å²) in [5, 5.41) is 0. The fraction of sp³-hybridized carbons (Fsp3) is 0.222. The number of alkyl halides is 2. The predicted molar refractivity (Wildman–Crippen MR) is 52.2 cm³/mol. The highest BCUT2D eigenvalue weighted by Crippen LogP contribution is 2.25. The Morgan fingerprint density at radius 3 is 2.50 bits per heavy atom. The van der Waals surface area contributed by atoms with Gasteiger partial charge in [0.1, 0.15) is 0 Å². The molecule has 0 aliphatic carbocycles. The van der Waals surface area contributed by atoms with E-state index in [4.69, 9.17) is 0 Å². The molecular weight excluding hydrogens is 240 g/mol. The van der Waals surface area contributed by atoms with E-state index < -0.39 is 20.5 Å². The summed E-state index contributed by atoms with van der Waals surface area (Å²) >= 11 is 0. The van der Waals surface area contributed by atoms with Crippen LogP contribution in [0.25, 0.3) is 0 Å². The Morgan fingerprint density at radius 2 is 2.00 bits per heavy atom. The standard InChI is InChI=1S/C9H7F2NO3S/c1-6-2-3-7(4-8(6)12-5-13)16(14,15)9(10)11/h2-4,9H,1H3. The molecule has 0 aliphatic rings. The highest BCUT2D eigenvalue weighted by atomic mass is 32.2. The van der Waals surface area contributed by atoms with Crippen LogP contribution >= 0.6 is 0 Å². The van der Waals surface area contributed by atoms with Gasteiger partial charge < -0.3 is 0 Å². The number of sulfone groups is 1. The second kappa shape index (κ2) is 4.51. The van der Waals surface area contributed by atoms with E-state index in [1.807, 2.05) is 0 Å². The molecule has 0 unspecified atom stereocenters. The predicted octanol–water partition coefficient (Wildman–Crippen LogP) is 1.96. The molecule has 0 N–H and O–H groups in total. The zero-order valence-electron chi connectivity index (χ0n) is 8.15. The quantitative estimate of drug-likeness (QED) is 0.605. The molecule has 0 aliphatic heterocycles. The lowest BCUT2D eigenvalue weighted by Gasteiger charge is -2.04. The number of aliphatic imine (C=N–C) groups is 1. The number of hydrogen-bond acceptors (Lipinski definition) is 4. The van der Waals surface area contributed by atoms with Gasteiger partial charge >= 0.3 is 5.76 Å². The number of halogens is 2. The molecule has 0 saturated carbocycles. The summed E-state index contributed by atoms with van der Waals surface area (Å²) in [6.45, 7) is 1.56. The van der Waals surface area contributed by atoms with Gasteiger partial charge in [0.25, 0.3) is 0 Å². The molecule has 0 fully saturated rings. The molecule has 0 saturated heterocycles. The fourth-order valence-electron chi connectivity index (χ4n) is 1.04. The van der Waals surface area contributed by atoms with E-state index in [2.05, 4.69) is 4.99 Å². The molecule has 0 bridgehead atoms. The van der Waals surface area contributed by atoms with Gasteiger partial charge in [0.15, 0.2) is 0 Å². The molecule has 0 spiro atoms. The topological polar surface area (TPSA) is 63.6 Å². The highest BCUT2D eigenvalue weighted by molar-refractivity contribution is 7.91. The molecule has 86 valence electrons. The first-order valence-electron chi connectivity index (χ1n) is 4.10. The average Bonchev–Trinajstić information content (AvgIpc) is 2.21. The number of aryl methyl sites for hydroxylation is 1. The van der Waals surface area contributed by atoms with Crippen molar-refractivity contribution >= 4 is 21.6 Å². The monoisotopic (exact) mass is 247 g/mol. The molecule has 1 aromatic carbocycles. The number of benzene rings is 1. The van der Waals surface area contributed by atoms with Gasteiger partial charge in [0.2, 0.25) is 15.9 Å². The number of hydrogen-bond donors (Lipinski definition) is 0. The van der Waals surface area contributed by atoms with Gasteiger partial charge in [0, 0.05) is 0 Å². The lowest BCUT2D eigenvalue weighted by atomic mass is 10.2. The molecule has 0 atom stereocenters. The van der Waals surface area contributed by atoms with E-state index in [1.54, 1.807) is 6.92 Å². The molecule has 16 heavy (non-hydrogen) atoms. The Bertz CT molecular complexity index is 548. The maximum atomic E-state index is 12.2. The van der Waals surface area contributed by atoms with Crippen molar-refractivity contribution < 1.29 is 22.0 Å². The lowest BCUT2D eigenvalue weighted by molar-refractivity contribution is 0.235. The minimum atomic E-state index is -4.66. The summed E-state index contributed by atoms with van der Waals surface area (Å²) in [4.78, 5) is 12.7. The Balaban J connectivity index is 3.39. The molecule has 0 heterocycles. The first-order chi connectivity index (χ1) is 7.39. The first kappa shape index (κ1) is 12.5. The second-order valence-electron chi connectivity index (χ2n) is 2.96. The largest absolute Gasteiger partial charge is 0.341 e. The number of nitrogens with zero attached hydrogens (tertiary/aromatic N) is 1. The average molecular weight is 247 g/mol. The molecule has 1 rings (SSSR count). The van der Waals surface area contributed by atoms with Crippen molar-refractivity contribution in [1.29, 1.82) is 0 Å². The molecule has 7 heteroatoms. The molecule has 4 nitrogen and oxygen atoms in total. The summed E-state index contributed by atoms with van der Waals surface area (Å²) in [7, 11) is -4.66. The third-order valence-electron chi connectivity index (χ3n) is 1.91. The summed E-state index contributed by atoms with van der Waals surface area (Å²) < 4.78 is 46.7. The molecule has 0 radical (unpaired) electrons. The van der Waals surface area contributed by atoms with E-state index in [0.29, 0.717) is 5.56 Å². The van der Waals surface area contributed by atoms with Gasteiger partial charge in [0.05, 0.1) is 10.6 Å². The van der Waals surface area contributed by atoms with E-state index in [-0.39, 0.29) is 5.69 Å². The van der Waals surface area contributed by atoms with E-state index in [0.717, 1.165) is 12.1 Å². The Morgan fingerprint density at radius 1 is 1.38 bits per heavy atom. The van der Waals surface area contributed by atoms with Crippen LogP contribution in [0.1, 0.15) is 5.56 Å². The van der Waals surface area contributed by atoms with E-state index in [9.17, 15) is 22.0 Å². The molecular formula is C9H7F2NO3S. The maximum absolute atomic E-state index is 12.2. The zero-order valence-corrected chi connectivity index (χ0v) is 8.96. The van der Waals surface area contributed by atoms with Crippen LogP contribution in [0.3, 0.4) is 0 Å². The summed E-state index contributed by atoms with van der Waals surface area (Å²) in [5.41, 5.74) is 0.508. The van der Waals surface area contributed by atoms with Crippen molar-refractivity contribution in [3.05, 3.63) is 23.8 Å². The lowest BCUT2D eigenvalue weighted by Crippen LogP contribution is -2.11. The van der Waals surface area contributed by atoms with Crippen molar-refractivity contribution in [2.75, 3.05) is 0 Å². The first-order valence-corrected chi connectivity index (χ1v) is 5.65. The normalized spacial score (nSPS) is 11.2. The SMILES string of the molecule is Cc1ccc(S(=O)(=O)C(F)F)cc1N=C=O. The molecule has 0 amide bonds. The van der Waals surface area contributed by atoms with Crippen molar-refractivity contribution in [1.82, 2.24) is 0 Å².